The molecule has 4 aliphatic rings. The fraction of sp³-hybridized carbons (Fsp3) is 0.407. The molecule has 0 radical (unpaired) electrons. The Morgan fingerprint density at radius 3 is 1.78 bits per heavy atom. The van der Waals surface area contributed by atoms with Gasteiger partial charge in [-0.3, -0.25) is 0 Å². The molecule has 0 nitrogen and oxygen atoms in total. The lowest BCUT2D eigenvalue weighted by atomic mass is 9.81. The molecule has 0 amide bonds. The molecular weight excluding hydrogens is 649 g/mol. The lowest BCUT2D eigenvalue weighted by Crippen LogP contribution is -2.15. The lowest BCUT2D eigenvalue weighted by molar-refractivity contribution is 0.660. The number of benzene rings is 3. The van der Waals surface area contributed by atoms with Crippen molar-refractivity contribution in [3.05, 3.63) is 160 Å². The van der Waals surface area contributed by atoms with Gasteiger partial charge in [-0.1, -0.05) is 191 Å². The minimum Gasteiger partial charge on any atom is -0.0958 e. The fourth-order valence-electron chi connectivity index (χ4n) is 6.99. The normalized spacial score (nSPS) is 14.8. The smallest absolute Gasteiger partial charge is 0.0158 e. The Labute approximate surface area is 334 Å². The SMILES string of the molecule is C=C(C)C1=CC=CCC1.CC.CC.CC.CC.CCC1=CCCC=C1.Cc1ccc(C2=CC=CCC2)cc1-c1cc2c(cc1C)C(C)(C)c1ccccc1-2. The van der Waals surface area contributed by atoms with Gasteiger partial charge in [0, 0.05) is 5.41 Å². The molecule has 0 saturated heterocycles. The van der Waals surface area contributed by atoms with Crippen molar-refractivity contribution in [3.63, 3.8) is 0 Å². The first kappa shape index (κ1) is 47.9. The standard InChI is InChI=1S/C29H28.C9H12.C8H12.4C2H6/c1-19-14-15-22(21-10-6-5-7-11-21)17-24(19)25-18-26-23-12-8-9-13-27(23)29(3,4)28(26)16-20(25)2;1-8(2)9-6-4-3-5-7-9;1-2-8-6-4-3-5-7-8;4*1-2/h5-6,8-10,12-18H,7,11H2,1-4H3;3-4,6H,1,5,7H2,2H3;4,6-7H,2-3,5H2,1H3;4*1-2H3. The second-order valence-electron chi connectivity index (χ2n) is 13.6. The predicted molar refractivity (Wildman–Crippen MR) is 249 cm³/mol. The highest BCUT2D eigenvalue weighted by molar-refractivity contribution is 5.87. The van der Waals surface area contributed by atoms with Crippen molar-refractivity contribution >= 4 is 5.57 Å². The van der Waals surface area contributed by atoms with Crippen molar-refractivity contribution in [2.24, 2.45) is 0 Å². The molecule has 0 atom stereocenters. The van der Waals surface area contributed by atoms with E-state index in [0.29, 0.717) is 0 Å². The van der Waals surface area contributed by atoms with E-state index in [1.807, 2.05) is 55.4 Å². The first-order chi connectivity index (χ1) is 26.2. The number of hydrogen-bond acceptors (Lipinski definition) is 0. The Morgan fingerprint density at radius 2 is 1.26 bits per heavy atom. The summed E-state index contributed by atoms with van der Waals surface area (Å²) in [7, 11) is 0. The van der Waals surface area contributed by atoms with Crippen LogP contribution in [0, 0.1) is 13.8 Å². The third-order valence-electron chi connectivity index (χ3n) is 9.88. The van der Waals surface area contributed by atoms with Gasteiger partial charge in [0.15, 0.2) is 0 Å². The largest absolute Gasteiger partial charge is 0.0958 e. The molecule has 4 aliphatic carbocycles. The minimum atomic E-state index is 0.0609. The molecule has 54 heavy (non-hydrogen) atoms. The summed E-state index contributed by atoms with van der Waals surface area (Å²) in [4.78, 5) is 0. The quantitative estimate of drug-likeness (QED) is 0.251. The summed E-state index contributed by atoms with van der Waals surface area (Å²) in [5.41, 5.74) is 18.1. The van der Waals surface area contributed by atoms with Gasteiger partial charge < -0.3 is 0 Å². The summed E-state index contributed by atoms with van der Waals surface area (Å²) in [6.45, 7) is 33.3. The average molecular weight is 725 g/mol. The summed E-state index contributed by atoms with van der Waals surface area (Å²) >= 11 is 0. The number of fused-ring (bicyclic) bond motifs is 3. The first-order valence-electron chi connectivity index (χ1n) is 21.3. The molecule has 0 saturated carbocycles. The molecule has 7 rings (SSSR count). The van der Waals surface area contributed by atoms with Crippen molar-refractivity contribution in [3.8, 4) is 22.3 Å². The van der Waals surface area contributed by atoms with E-state index in [9.17, 15) is 0 Å². The number of aryl methyl sites for hydroxylation is 2. The van der Waals surface area contributed by atoms with Crippen molar-refractivity contribution in [1.29, 1.82) is 0 Å². The molecule has 3 aromatic carbocycles. The Kier molecular flexibility index (Phi) is 22.9. The highest BCUT2D eigenvalue weighted by atomic mass is 14.4. The number of rotatable bonds is 4. The van der Waals surface area contributed by atoms with Gasteiger partial charge in [-0.2, -0.15) is 0 Å². The van der Waals surface area contributed by atoms with Gasteiger partial charge in [0.1, 0.15) is 0 Å². The second kappa shape index (κ2) is 25.8. The van der Waals surface area contributed by atoms with E-state index in [1.165, 1.54) is 104 Å². The first-order valence-corrected chi connectivity index (χ1v) is 21.3. The third kappa shape index (κ3) is 13.0. The molecule has 0 spiro atoms. The topological polar surface area (TPSA) is 0 Å². The maximum Gasteiger partial charge on any atom is 0.0158 e. The maximum absolute atomic E-state index is 3.88. The van der Waals surface area contributed by atoms with Crippen molar-refractivity contribution in [1.82, 2.24) is 0 Å². The lowest BCUT2D eigenvalue weighted by Gasteiger charge is -2.22. The maximum atomic E-state index is 3.88. The molecule has 292 valence electrons. The van der Waals surface area contributed by atoms with Crippen LogP contribution < -0.4 is 0 Å². The zero-order valence-electron chi connectivity index (χ0n) is 37.0. The average Bonchev–Trinajstić information content (AvgIpc) is 3.47. The molecule has 3 aromatic rings. The molecule has 0 N–H and O–H groups in total. The van der Waals surface area contributed by atoms with Crippen molar-refractivity contribution < 1.29 is 0 Å². The van der Waals surface area contributed by atoms with Crippen LogP contribution in [0.25, 0.3) is 27.8 Å². The molecule has 0 unspecified atom stereocenters. The van der Waals surface area contributed by atoms with Gasteiger partial charge in [-0.15, -0.1) is 0 Å². The third-order valence-corrected chi connectivity index (χ3v) is 9.88. The van der Waals surface area contributed by atoms with Crippen molar-refractivity contribution in [2.45, 2.75) is 147 Å². The summed E-state index contributed by atoms with van der Waals surface area (Å²) in [6.07, 6.45) is 28.2. The van der Waals surface area contributed by atoms with Crippen LogP contribution in [0.1, 0.15) is 156 Å². The minimum absolute atomic E-state index is 0.0609. The van der Waals surface area contributed by atoms with Gasteiger partial charge in [0.25, 0.3) is 0 Å². The van der Waals surface area contributed by atoms with E-state index >= 15 is 0 Å². The highest BCUT2D eigenvalue weighted by Crippen LogP contribution is 2.50. The van der Waals surface area contributed by atoms with E-state index in [0.717, 1.165) is 12.8 Å². The van der Waals surface area contributed by atoms with Gasteiger partial charge in [-0.05, 0) is 139 Å². The van der Waals surface area contributed by atoms with Crippen LogP contribution in [-0.4, -0.2) is 0 Å². The molecule has 0 aliphatic heterocycles. The summed E-state index contributed by atoms with van der Waals surface area (Å²) in [5.74, 6) is 0. The van der Waals surface area contributed by atoms with E-state index in [2.05, 4.69) is 157 Å². The van der Waals surface area contributed by atoms with Crippen LogP contribution in [0.2, 0.25) is 0 Å². The number of allylic oxidation sites excluding steroid dienone is 13. The second-order valence-corrected chi connectivity index (χ2v) is 13.6. The van der Waals surface area contributed by atoms with E-state index < -0.39 is 0 Å². The van der Waals surface area contributed by atoms with Crippen LogP contribution in [-0.2, 0) is 5.41 Å². The molecule has 0 heteroatoms. The van der Waals surface area contributed by atoms with Gasteiger partial charge in [0.05, 0.1) is 0 Å². The monoisotopic (exact) mass is 725 g/mol. The molecule has 0 fully saturated rings. The summed E-state index contributed by atoms with van der Waals surface area (Å²) in [6, 6.07) is 20.8. The van der Waals surface area contributed by atoms with E-state index in [-0.39, 0.29) is 5.41 Å². The molecule has 0 aromatic heterocycles. The Hall–Kier alpha value is -4.16. The van der Waals surface area contributed by atoms with Gasteiger partial charge >= 0.3 is 0 Å². The Bertz CT molecular complexity index is 1770. The van der Waals surface area contributed by atoms with Crippen LogP contribution in [0.15, 0.2) is 133 Å². The molecular formula is C54H76. The van der Waals surface area contributed by atoms with Gasteiger partial charge in [0.2, 0.25) is 0 Å². The van der Waals surface area contributed by atoms with Gasteiger partial charge in [-0.25, -0.2) is 0 Å². The van der Waals surface area contributed by atoms with Crippen LogP contribution in [0.5, 0.6) is 0 Å². The van der Waals surface area contributed by atoms with E-state index in [4.69, 9.17) is 0 Å². The Morgan fingerprint density at radius 1 is 0.630 bits per heavy atom. The summed E-state index contributed by atoms with van der Waals surface area (Å²) in [5, 5.41) is 0. The van der Waals surface area contributed by atoms with Crippen LogP contribution >= 0.6 is 0 Å². The van der Waals surface area contributed by atoms with Crippen LogP contribution in [0.3, 0.4) is 0 Å². The molecule has 0 bridgehead atoms. The Balaban J connectivity index is 0.000000478. The number of hydrogen-bond donors (Lipinski definition) is 0. The van der Waals surface area contributed by atoms with Crippen molar-refractivity contribution in [2.75, 3.05) is 0 Å². The highest BCUT2D eigenvalue weighted by Gasteiger charge is 2.35. The zero-order valence-corrected chi connectivity index (χ0v) is 37.0. The van der Waals surface area contributed by atoms with E-state index in [1.54, 1.807) is 0 Å². The fourth-order valence-corrected chi connectivity index (χ4v) is 6.99. The summed E-state index contributed by atoms with van der Waals surface area (Å²) < 4.78 is 0. The van der Waals surface area contributed by atoms with Crippen LogP contribution in [0.4, 0.5) is 0 Å². The predicted octanol–water partition coefficient (Wildman–Crippen LogP) is 17.6. The molecule has 0 heterocycles. The zero-order chi connectivity index (χ0) is 40.7.